The molecule has 0 saturated carbocycles. The topological polar surface area (TPSA) is 0 Å². The molecule has 20 heavy (non-hydrogen) atoms. The predicted molar refractivity (Wildman–Crippen MR) is 98.5 cm³/mol. The summed E-state index contributed by atoms with van der Waals surface area (Å²) in [7, 11) is 0.216. The molecule has 0 aliphatic carbocycles. The maximum absolute atomic E-state index is 2.54. The van der Waals surface area contributed by atoms with Crippen molar-refractivity contribution in [1.82, 2.24) is 0 Å². The highest BCUT2D eigenvalue weighted by Gasteiger charge is 2.25. The van der Waals surface area contributed by atoms with E-state index in [2.05, 4.69) is 41.5 Å². The van der Waals surface area contributed by atoms with Gasteiger partial charge in [0.2, 0.25) is 0 Å². The van der Waals surface area contributed by atoms with Gasteiger partial charge in [-0.3, -0.25) is 0 Å². The van der Waals surface area contributed by atoms with Crippen LogP contribution in [0.4, 0.5) is 0 Å². The fourth-order valence-corrected chi connectivity index (χ4v) is 7.35. The van der Waals surface area contributed by atoms with Crippen LogP contribution in [0.2, 0.25) is 0 Å². The summed E-state index contributed by atoms with van der Waals surface area (Å²) in [6, 6.07) is 0. The maximum Gasteiger partial charge on any atom is -0.0233 e. The molecule has 0 aromatic heterocycles. The van der Waals surface area contributed by atoms with Crippen molar-refractivity contribution in [2.45, 2.75) is 123 Å². The first-order valence-corrected chi connectivity index (χ1v) is 10.9. The molecule has 0 nitrogen and oxygen atoms in total. The Morgan fingerprint density at radius 1 is 0.600 bits per heavy atom. The molecular weight excluding hydrogens is 259 g/mol. The molecule has 0 aromatic rings. The summed E-state index contributed by atoms with van der Waals surface area (Å²) < 4.78 is 0. The van der Waals surface area contributed by atoms with Crippen LogP contribution in [0.3, 0.4) is 0 Å². The van der Waals surface area contributed by atoms with Crippen LogP contribution in [-0.4, -0.2) is 17.0 Å². The van der Waals surface area contributed by atoms with E-state index in [1.54, 1.807) is 0 Å². The van der Waals surface area contributed by atoms with E-state index in [4.69, 9.17) is 0 Å². The summed E-state index contributed by atoms with van der Waals surface area (Å²) >= 11 is 0. The van der Waals surface area contributed by atoms with Gasteiger partial charge in [-0.15, -0.1) is 0 Å². The predicted octanol–water partition coefficient (Wildman–Crippen LogP) is 7.59. The van der Waals surface area contributed by atoms with E-state index in [9.17, 15) is 0 Å². The van der Waals surface area contributed by atoms with Gasteiger partial charge < -0.3 is 0 Å². The van der Waals surface area contributed by atoms with Gasteiger partial charge in [-0.1, -0.05) is 101 Å². The zero-order valence-electron chi connectivity index (χ0n) is 15.3. The van der Waals surface area contributed by atoms with Gasteiger partial charge in [0.15, 0.2) is 0 Å². The molecule has 0 rings (SSSR count). The lowest BCUT2D eigenvalue weighted by Crippen LogP contribution is -2.16. The second-order valence-corrected chi connectivity index (χ2v) is 10.6. The molecule has 0 amide bonds. The standard InChI is InChI=1S/C19H41P/c1-7-9-11-13-15-18(5)20(17(3)4)19(6)16-14-12-10-8-2/h17-19H,7-16H2,1-6H3. The first-order valence-electron chi connectivity index (χ1n) is 9.31. The SMILES string of the molecule is CCCCCCC(C)P(C(C)C)C(C)CCCCCC. The molecule has 0 spiro atoms. The Balaban J connectivity index is 4.10. The smallest absolute Gasteiger partial charge is 0.0233 e. The van der Waals surface area contributed by atoms with E-state index in [0.29, 0.717) is 0 Å². The molecule has 2 unspecified atom stereocenters. The van der Waals surface area contributed by atoms with E-state index in [1.807, 2.05) is 0 Å². The summed E-state index contributed by atoms with van der Waals surface area (Å²) in [6.45, 7) is 14.6. The fourth-order valence-electron chi connectivity index (χ4n) is 3.48. The summed E-state index contributed by atoms with van der Waals surface area (Å²) in [5.41, 5.74) is 2.86. The molecule has 0 heterocycles. The third-order valence-corrected chi connectivity index (χ3v) is 8.31. The second kappa shape index (κ2) is 13.1. The third kappa shape index (κ3) is 9.38. The second-order valence-electron chi connectivity index (χ2n) is 6.94. The van der Waals surface area contributed by atoms with Gasteiger partial charge in [-0.2, -0.15) is 0 Å². The van der Waals surface area contributed by atoms with E-state index in [1.165, 1.54) is 64.2 Å². The molecule has 0 saturated heterocycles. The van der Waals surface area contributed by atoms with Gasteiger partial charge in [0.05, 0.1) is 0 Å². The molecule has 0 aromatic carbocycles. The Labute approximate surface area is 131 Å². The largest absolute Gasteiger partial charge is 0.0983 e. The van der Waals surface area contributed by atoms with Crippen molar-refractivity contribution in [3.63, 3.8) is 0 Å². The molecule has 0 fully saturated rings. The lowest BCUT2D eigenvalue weighted by Gasteiger charge is -2.34. The van der Waals surface area contributed by atoms with Crippen LogP contribution >= 0.6 is 7.92 Å². The molecule has 0 aliphatic heterocycles. The van der Waals surface area contributed by atoms with Crippen molar-refractivity contribution in [3.8, 4) is 0 Å². The number of hydrogen-bond donors (Lipinski definition) is 0. The molecule has 2 atom stereocenters. The minimum absolute atomic E-state index is 0.216. The summed E-state index contributed by atoms with van der Waals surface area (Å²) in [6.07, 6.45) is 14.4. The molecule has 122 valence electrons. The average Bonchev–Trinajstić information content (AvgIpc) is 2.39. The molecule has 0 N–H and O–H groups in total. The zero-order chi connectivity index (χ0) is 15.4. The Kier molecular flexibility index (Phi) is 13.4. The summed E-state index contributed by atoms with van der Waals surface area (Å²) in [4.78, 5) is 0. The van der Waals surface area contributed by atoms with Crippen LogP contribution in [0.25, 0.3) is 0 Å². The minimum atomic E-state index is 0.216. The normalized spacial score (nSPS) is 16.4. The van der Waals surface area contributed by atoms with Crippen molar-refractivity contribution >= 4 is 7.92 Å². The quantitative estimate of drug-likeness (QED) is 0.243. The lowest BCUT2D eigenvalue weighted by molar-refractivity contribution is 0.609. The average molecular weight is 301 g/mol. The van der Waals surface area contributed by atoms with E-state index in [0.717, 1.165) is 17.0 Å². The molecule has 0 radical (unpaired) electrons. The van der Waals surface area contributed by atoms with Crippen LogP contribution in [0.15, 0.2) is 0 Å². The van der Waals surface area contributed by atoms with Crippen molar-refractivity contribution in [2.24, 2.45) is 0 Å². The highest BCUT2D eigenvalue weighted by Crippen LogP contribution is 2.53. The number of rotatable bonds is 13. The first kappa shape index (κ1) is 20.4. The fraction of sp³-hybridized carbons (Fsp3) is 1.00. The Bertz CT molecular complexity index is 182. The molecule has 0 aliphatic rings. The van der Waals surface area contributed by atoms with Crippen molar-refractivity contribution in [1.29, 1.82) is 0 Å². The van der Waals surface area contributed by atoms with Gasteiger partial charge in [-0.05, 0) is 29.8 Å². The highest BCUT2D eigenvalue weighted by atomic mass is 31.1. The lowest BCUT2D eigenvalue weighted by atomic mass is 10.1. The Hall–Kier alpha value is 0.430. The van der Waals surface area contributed by atoms with Crippen LogP contribution < -0.4 is 0 Å². The van der Waals surface area contributed by atoms with E-state index >= 15 is 0 Å². The molecule has 1 heteroatoms. The summed E-state index contributed by atoms with van der Waals surface area (Å²) in [5, 5.41) is 0. The zero-order valence-corrected chi connectivity index (χ0v) is 16.1. The third-order valence-electron chi connectivity index (χ3n) is 4.57. The Morgan fingerprint density at radius 2 is 1.00 bits per heavy atom. The van der Waals surface area contributed by atoms with E-state index < -0.39 is 0 Å². The monoisotopic (exact) mass is 300 g/mol. The van der Waals surface area contributed by atoms with Gasteiger partial charge in [-0.25, -0.2) is 0 Å². The number of hydrogen-bond acceptors (Lipinski definition) is 0. The minimum Gasteiger partial charge on any atom is -0.0983 e. The van der Waals surface area contributed by atoms with Crippen LogP contribution in [0, 0.1) is 0 Å². The molecular formula is C19H41P. The van der Waals surface area contributed by atoms with E-state index in [-0.39, 0.29) is 7.92 Å². The summed E-state index contributed by atoms with van der Waals surface area (Å²) in [5.74, 6) is 0. The Morgan fingerprint density at radius 3 is 1.30 bits per heavy atom. The first-order chi connectivity index (χ1) is 9.54. The van der Waals surface area contributed by atoms with Crippen LogP contribution in [-0.2, 0) is 0 Å². The van der Waals surface area contributed by atoms with Crippen LogP contribution in [0.5, 0.6) is 0 Å². The van der Waals surface area contributed by atoms with Crippen molar-refractivity contribution in [2.75, 3.05) is 0 Å². The van der Waals surface area contributed by atoms with Gasteiger partial charge in [0, 0.05) is 0 Å². The van der Waals surface area contributed by atoms with Gasteiger partial charge >= 0.3 is 0 Å². The maximum atomic E-state index is 2.54. The van der Waals surface area contributed by atoms with Crippen molar-refractivity contribution < 1.29 is 0 Å². The highest BCUT2D eigenvalue weighted by molar-refractivity contribution is 7.59. The van der Waals surface area contributed by atoms with Crippen LogP contribution in [0.1, 0.15) is 106 Å². The van der Waals surface area contributed by atoms with Gasteiger partial charge in [0.1, 0.15) is 0 Å². The molecule has 0 bridgehead atoms. The van der Waals surface area contributed by atoms with Gasteiger partial charge in [0.25, 0.3) is 0 Å². The number of unbranched alkanes of at least 4 members (excludes halogenated alkanes) is 6. The van der Waals surface area contributed by atoms with Crippen molar-refractivity contribution in [3.05, 3.63) is 0 Å².